The summed E-state index contributed by atoms with van der Waals surface area (Å²) < 4.78 is 5.10. The third kappa shape index (κ3) is 4.78. The number of carboxylic acid groups (broad SMARTS) is 1. The van der Waals surface area contributed by atoms with Gasteiger partial charge in [-0.05, 0) is 55.2 Å². The molecule has 1 saturated heterocycles. The molecule has 6 nitrogen and oxygen atoms in total. The van der Waals surface area contributed by atoms with Crippen LogP contribution in [-0.2, 0) is 11.2 Å². The molecule has 2 aromatic rings. The van der Waals surface area contributed by atoms with Crippen LogP contribution in [0.2, 0.25) is 0 Å². The van der Waals surface area contributed by atoms with Gasteiger partial charge in [0.2, 0.25) is 5.91 Å². The van der Waals surface area contributed by atoms with Gasteiger partial charge in [-0.1, -0.05) is 12.1 Å². The van der Waals surface area contributed by atoms with E-state index >= 15 is 0 Å². The summed E-state index contributed by atoms with van der Waals surface area (Å²) in [7, 11) is 1.59. The van der Waals surface area contributed by atoms with Crippen molar-refractivity contribution in [3.05, 3.63) is 53.6 Å². The first-order valence-corrected chi connectivity index (χ1v) is 9.12. The fourth-order valence-corrected chi connectivity index (χ4v) is 3.29. The number of piperidine rings is 1. The highest BCUT2D eigenvalue weighted by atomic mass is 16.5. The Balaban J connectivity index is 1.72. The monoisotopic (exact) mass is 368 g/mol. The lowest BCUT2D eigenvalue weighted by atomic mass is 10.1. The largest absolute Gasteiger partial charge is 0.497 e. The first-order valence-electron chi connectivity index (χ1n) is 9.12. The number of rotatable bonds is 6. The second kappa shape index (κ2) is 8.58. The van der Waals surface area contributed by atoms with E-state index in [9.17, 15) is 14.7 Å². The number of aromatic carboxylic acids is 1. The Hall–Kier alpha value is -3.02. The number of benzene rings is 2. The van der Waals surface area contributed by atoms with E-state index in [1.807, 2.05) is 18.2 Å². The number of carbonyl (C=O) groups is 2. The van der Waals surface area contributed by atoms with E-state index in [1.54, 1.807) is 31.4 Å². The van der Waals surface area contributed by atoms with Crippen molar-refractivity contribution in [3.8, 4) is 5.75 Å². The molecule has 3 rings (SSSR count). The van der Waals surface area contributed by atoms with E-state index in [0.29, 0.717) is 5.69 Å². The topological polar surface area (TPSA) is 78.9 Å². The Morgan fingerprint density at radius 2 is 1.78 bits per heavy atom. The zero-order valence-electron chi connectivity index (χ0n) is 15.4. The van der Waals surface area contributed by atoms with Crippen molar-refractivity contribution in [3.63, 3.8) is 0 Å². The Bertz CT molecular complexity index is 811. The molecule has 1 aliphatic rings. The van der Waals surface area contributed by atoms with E-state index in [0.717, 1.165) is 42.9 Å². The molecule has 1 aliphatic heterocycles. The molecule has 0 bridgehead atoms. The fourth-order valence-electron chi connectivity index (χ4n) is 3.29. The lowest BCUT2D eigenvalue weighted by molar-refractivity contribution is -0.115. The highest BCUT2D eigenvalue weighted by Crippen LogP contribution is 2.26. The average molecular weight is 368 g/mol. The summed E-state index contributed by atoms with van der Waals surface area (Å²) in [5, 5.41) is 12.3. The lowest BCUT2D eigenvalue weighted by Crippen LogP contribution is -2.29. The van der Waals surface area contributed by atoms with Crippen LogP contribution in [0.3, 0.4) is 0 Å². The molecule has 0 unspecified atom stereocenters. The lowest BCUT2D eigenvalue weighted by Gasteiger charge is -2.29. The highest BCUT2D eigenvalue weighted by molar-refractivity contribution is 6.01. The number of carboxylic acids is 1. The molecule has 0 spiro atoms. The molecule has 2 N–H and O–H groups in total. The van der Waals surface area contributed by atoms with E-state index in [2.05, 4.69) is 10.2 Å². The molecule has 2 aromatic carbocycles. The number of amides is 1. The number of carbonyl (C=O) groups excluding carboxylic acids is 1. The summed E-state index contributed by atoms with van der Waals surface area (Å²) in [6.45, 7) is 1.87. The minimum absolute atomic E-state index is 0.112. The minimum atomic E-state index is -1.05. The third-order valence-electron chi connectivity index (χ3n) is 4.75. The molecule has 0 aromatic heterocycles. The van der Waals surface area contributed by atoms with Crippen LogP contribution in [0.5, 0.6) is 5.75 Å². The first kappa shape index (κ1) is 18.8. The smallest absolute Gasteiger partial charge is 0.337 e. The van der Waals surface area contributed by atoms with Crippen molar-refractivity contribution >= 4 is 23.3 Å². The van der Waals surface area contributed by atoms with Gasteiger partial charge in [-0.15, -0.1) is 0 Å². The van der Waals surface area contributed by atoms with Crippen LogP contribution >= 0.6 is 0 Å². The molecule has 6 heteroatoms. The summed E-state index contributed by atoms with van der Waals surface area (Å²) in [4.78, 5) is 26.2. The van der Waals surface area contributed by atoms with E-state index in [-0.39, 0.29) is 17.9 Å². The van der Waals surface area contributed by atoms with Gasteiger partial charge in [-0.2, -0.15) is 0 Å². The van der Waals surface area contributed by atoms with Crippen molar-refractivity contribution < 1.29 is 19.4 Å². The minimum Gasteiger partial charge on any atom is -0.497 e. The molecular weight excluding hydrogens is 344 g/mol. The Morgan fingerprint density at radius 3 is 2.41 bits per heavy atom. The summed E-state index contributed by atoms with van der Waals surface area (Å²) in [5.41, 5.74) is 2.15. The maximum atomic E-state index is 12.4. The van der Waals surface area contributed by atoms with Gasteiger partial charge in [0.25, 0.3) is 0 Å². The Morgan fingerprint density at radius 1 is 1.07 bits per heavy atom. The number of methoxy groups -OCH3 is 1. The van der Waals surface area contributed by atoms with Crippen molar-refractivity contribution in [1.82, 2.24) is 0 Å². The normalized spacial score (nSPS) is 13.9. The van der Waals surface area contributed by atoms with Crippen molar-refractivity contribution in [1.29, 1.82) is 0 Å². The third-order valence-corrected chi connectivity index (χ3v) is 4.75. The van der Waals surface area contributed by atoms with Crippen LogP contribution in [0.15, 0.2) is 42.5 Å². The summed E-state index contributed by atoms with van der Waals surface area (Å²) >= 11 is 0. The zero-order chi connectivity index (χ0) is 19.2. The second-order valence-corrected chi connectivity index (χ2v) is 6.66. The summed E-state index contributed by atoms with van der Waals surface area (Å²) in [5.74, 6) is -0.581. The van der Waals surface area contributed by atoms with Crippen molar-refractivity contribution in [2.24, 2.45) is 0 Å². The second-order valence-electron chi connectivity index (χ2n) is 6.66. The fraction of sp³-hybridized carbons (Fsp3) is 0.333. The molecular formula is C21H24N2O4. The SMILES string of the molecule is COc1ccc(CC(=O)Nc2ccc(N3CCCCC3)cc2C(=O)O)cc1. The molecule has 0 aliphatic carbocycles. The van der Waals surface area contributed by atoms with E-state index < -0.39 is 5.97 Å². The highest BCUT2D eigenvalue weighted by Gasteiger charge is 2.17. The van der Waals surface area contributed by atoms with Crippen LogP contribution in [0.25, 0.3) is 0 Å². The Labute approximate surface area is 158 Å². The predicted molar refractivity (Wildman–Crippen MR) is 105 cm³/mol. The van der Waals surface area contributed by atoms with E-state index in [1.165, 1.54) is 6.42 Å². The van der Waals surface area contributed by atoms with Crippen molar-refractivity contribution in [2.75, 3.05) is 30.4 Å². The molecule has 1 heterocycles. The number of anilines is 2. The molecule has 1 amide bonds. The number of ether oxygens (including phenoxy) is 1. The Kier molecular flexibility index (Phi) is 5.96. The number of hydrogen-bond acceptors (Lipinski definition) is 4. The summed E-state index contributed by atoms with van der Waals surface area (Å²) in [6, 6.07) is 12.4. The van der Waals surface area contributed by atoms with Gasteiger partial charge in [-0.3, -0.25) is 4.79 Å². The van der Waals surface area contributed by atoms with Gasteiger partial charge in [0, 0.05) is 18.8 Å². The molecule has 142 valence electrons. The standard InChI is InChI=1S/C21H24N2O4/c1-27-17-8-5-15(6-9-17)13-20(24)22-19-10-7-16(14-18(19)21(25)26)23-11-3-2-4-12-23/h5-10,14H,2-4,11-13H2,1H3,(H,22,24)(H,25,26). The van der Waals surface area contributed by atoms with Crippen LogP contribution in [0.4, 0.5) is 11.4 Å². The van der Waals surface area contributed by atoms with Gasteiger partial charge in [0.05, 0.1) is 24.8 Å². The number of hydrogen-bond donors (Lipinski definition) is 2. The molecule has 0 atom stereocenters. The van der Waals surface area contributed by atoms with Crippen LogP contribution < -0.4 is 15.0 Å². The maximum absolute atomic E-state index is 12.4. The number of nitrogens with one attached hydrogen (secondary N) is 1. The van der Waals surface area contributed by atoms with Gasteiger partial charge in [0.1, 0.15) is 5.75 Å². The van der Waals surface area contributed by atoms with Crippen molar-refractivity contribution in [2.45, 2.75) is 25.7 Å². The maximum Gasteiger partial charge on any atom is 0.337 e. The van der Waals surface area contributed by atoms with Crippen LogP contribution in [0.1, 0.15) is 35.2 Å². The molecule has 27 heavy (non-hydrogen) atoms. The average Bonchev–Trinajstić information content (AvgIpc) is 2.69. The molecule has 0 saturated carbocycles. The zero-order valence-corrected chi connectivity index (χ0v) is 15.4. The van der Waals surface area contributed by atoms with Gasteiger partial charge in [0.15, 0.2) is 0 Å². The van der Waals surface area contributed by atoms with Crippen LogP contribution in [-0.4, -0.2) is 37.2 Å². The predicted octanol–water partition coefficient (Wildman–Crippen LogP) is 3.56. The van der Waals surface area contributed by atoms with Gasteiger partial charge >= 0.3 is 5.97 Å². The summed E-state index contributed by atoms with van der Waals surface area (Å²) in [6.07, 6.45) is 3.60. The van der Waals surface area contributed by atoms with Crippen LogP contribution in [0, 0.1) is 0 Å². The molecule has 1 fully saturated rings. The van der Waals surface area contributed by atoms with E-state index in [4.69, 9.17) is 4.74 Å². The van der Waals surface area contributed by atoms with Gasteiger partial charge < -0.3 is 20.1 Å². The quantitative estimate of drug-likeness (QED) is 0.815. The number of nitrogens with zero attached hydrogens (tertiary/aromatic N) is 1. The molecule has 0 radical (unpaired) electrons. The van der Waals surface area contributed by atoms with Gasteiger partial charge in [-0.25, -0.2) is 4.79 Å². The first-order chi connectivity index (χ1) is 13.1.